The van der Waals surface area contributed by atoms with Crippen molar-refractivity contribution in [2.24, 2.45) is 5.92 Å². The van der Waals surface area contributed by atoms with Crippen LogP contribution in [-0.4, -0.2) is 22.7 Å². The van der Waals surface area contributed by atoms with Gasteiger partial charge in [-0.1, -0.05) is 13.3 Å². The predicted molar refractivity (Wildman–Crippen MR) is 66.8 cm³/mol. The molecule has 2 heterocycles. The van der Waals surface area contributed by atoms with E-state index in [0.29, 0.717) is 6.42 Å². The number of nitrogens with zero attached hydrogens (tertiary/aromatic N) is 1. The van der Waals surface area contributed by atoms with Crippen molar-refractivity contribution in [2.75, 3.05) is 0 Å². The van der Waals surface area contributed by atoms with Gasteiger partial charge >= 0.3 is 6.03 Å². The first-order chi connectivity index (χ1) is 8.63. The van der Waals surface area contributed by atoms with E-state index in [1.165, 1.54) is 11.3 Å². The van der Waals surface area contributed by atoms with Crippen molar-refractivity contribution in [3.8, 4) is 0 Å². The molecule has 1 fully saturated rings. The summed E-state index contributed by atoms with van der Waals surface area (Å²) in [5.41, 5.74) is 0.896. The fourth-order valence-electron chi connectivity index (χ4n) is 1.92. The number of urea groups is 1. The van der Waals surface area contributed by atoms with Crippen LogP contribution in [0.1, 0.15) is 25.3 Å². The highest BCUT2D eigenvalue weighted by Crippen LogP contribution is 2.19. The summed E-state index contributed by atoms with van der Waals surface area (Å²) in [6.07, 6.45) is 1.20. The molecule has 0 aromatic carbocycles. The summed E-state index contributed by atoms with van der Waals surface area (Å²) < 4.78 is 0. The highest BCUT2D eigenvalue weighted by molar-refractivity contribution is 7.07. The van der Waals surface area contributed by atoms with Gasteiger partial charge in [0.05, 0.1) is 6.54 Å². The van der Waals surface area contributed by atoms with Gasteiger partial charge in [0.15, 0.2) is 0 Å². The molecule has 1 aliphatic rings. The number of carbonyl (C=O) groups is 3. The van der Waals surface area contributed by atoms with Crippen molar-refractivity contribution in [3.05, 3.63) is 22.4 Å². The van der Waals surface area contributed by atoms with Crippen LogP contribution in [-0.2, 0) is 16.1 Å². The molecule has 2 rings (SSSR count). The SMILES string of the molecule is CCCC1C(=O)NC(=O)N(Cc2ccsc2)C1=O. The van der Waals surface area contributed by atoms with E-state index in [1.807, 2.05) is 23.8 Å². The van der Waals surface area contributed by atoms with Gasteiger partial charge < -0.3 is 0 Å². The zero-order valence-corrected chi connectivity index (χ0v) is 10.8. The second-order valence-corrected chi connectivity index (χ2v) is 4.97. The van der Waals surface area contributed by atoms with Crippen LogP contribution in [0.3, 0.4) is 0 Å². The summed E-state index contributed by atoms with van der Waals surface area (Å²) in [5.74, 6) is -1.60. The van der Waals surface area contributed by atoms with E-state index in [2.05, 4.69) is 5.32 Å². The minimum Gasteiger partial charge on any atom is -0.277 e. The zero-order chi connectivity index (χ0) is 13.1. The van der Waals surface area contributed by atoms with E-state index < -0.39 is 23.8 Å². The van der Waals surface area contributed by atoms with E-state index in [0.717, 1.165) is 16.9 Å². The number of barbiturate groups is 1. The molecule has 0 saturated carbocycles. The number of hydrogen-bond acceptors (Lipinski definition) is 4. The molecule has 1 aromatic heterocycles. The summed E-state index contributed by atoms with van der Waals surface area (Å²) in [6.45, 7) is 2.13. The molecule has 4 amide bonds. The quantitative estimate of drug-likeness (QED) is 0.844. The van der Waals surface area contributed by atoms with Crippen molar-refractivity contribution < 1.29 is 14.4 Å². The number of nitrogens with one attached hydrogen (secondary N) is 1. The van der Waals surface area contributed by atoms with Gasteiger partial charge in [-0.05, 0) is 28.8 Å². The molecule has 0 radical (unpaired) electrons. The molecule has 1 unspecified atom stereocenters. The van der Waals surface area contributed by atoms with Crippen LogP contribution in [0.2, 0.25) is 0 Å². The standard InChI is InChI=1S/C12H14N2O3S/c1-2-3-9-10(15)13-12(17)14(11(9)16)6-8-4-5-18-7-8/h4-5,7,9H,2-3,6H2,1H3,(H,13,15,17). The molecule has 6 heteroatoms. The first kappa shape index (κ1) is 12.8. The van der Waals surface area contributed by atoms with Gasteiger partial charge in [0.2, 0.25) is 11.8 Å². The molecule has 0 bridgehead atoms. The highest BCUT2D eigenvalue weighted by Gasteiger charge is 2.39. The third-order valence-electron chi connectivity index (χ3n) is 2.85. The van der Waals surface area contributed by atoms with Crippen molar-refractivity contribution in [3.63, 3.8) is 0 Å². The number of imide groups is 2. The fraction of sp³-hybridized carbons (Fsp3) is 0.417. The van der Waals surface area contributed by atoms with Gasteiger partial charge in [-0.3, -0.25) is 19.8 Å². The summed E-state index contributed by atoms with van der Waals surface area (Å²) in [4.78, 5) is 36.5. The van der Waals surface area contributed by atoms with Gasteiger partial charge in [-0.2, -0.15) is 11.3 Å². The fourth-order valence-corrected chi connectivity index (χ4v) is 2.58. The largest absolute Gasteiger partial charge is 0.331 e. The van der Waals surface area contributed by atoms with E-state index in [1.54, 1.807) is 0 Å². The Morgan fingerprint density at radius 3 is 2.78 bits per heavy atom. The second-order valence-electron chi connectivity index (χ2n) is 4.19. The molecule has 96 valence electrons. The highest BCUT2D eigenvalue weighted by atomic mass is 32.1. The lowest BCUT2D eigenvalue weighted by Crippen LogP contribution is -2.57. The normalized spacial score (nSPS) is 20.2. The number of hydrogen-bond donors (Lipinski definition) is 1. The second kappa shape index (κ2) is 5.30. The summed E-state index contributed by atoms with van der Waals surface area (Å²) in [6, 6.07) is 1.24. The van der Waals surface area contributed by atoms with E-state index in [4.69, 9.17) is 0 Å². The Morgan fingerprint density at radius 1 is 1.39 bits per heavy atom. The van der Waals surface area contributed by atoms with Crippen LogP contribution in [0, 0.1) is 5.92 Å². The smallest absolute Gasteiger partial charge is 0.277 e. The molecule has 1 N–H and O–H groups in total. The summed E-state index contributed by atoms with van der Waals surface area (Å²) >= 11 is 1.51. The number of rotatable bonds is 4. The Bertz CT molecular complexity index is 470. The maximum absolute atomic E-state index is 12.1. The molecule has 5 nitrogen and oxygen atoms in total. The maximum atomic E-state index is 12.1. The van der Waals surface area contributed by atoms with Gasteiger partial charge in [-0.15, -0.1) is 0 Å². The lowest BCUT2D eigenvalue weighted by atomic mass is 9.99. The van der Waals surface area contributed by atoms with Crippen LogP contribution < -0.4 is 5.32 Å². The van der Waals surface area contributed by atoms with Crippen LogP contribution in [0.4, 0.5) is 4.79 Å². The number of thiophene rings is 1. The first-order valence-corrected chi connectivity index (χ1v) is 6.75. The molecule has 18 heavy (non-hydrogen) atoms. The predicted octanol–water partition coefficient (Wildman–Crippen LogP) is 1.74. The lowest BCUT2D eigenvalue weighted by molar-refractivity contribution is -0.143. The van der Waals surface area contributed by atoms with Crippen molar-refractivity contribution in [2.45, 2.75) is 26.3 Å². The van der Waals surface area contributed by atoms with Crippen molar-refractivity contribution in [1.29, 1.82) is 0 Å². The van der Waals surface area contributed by atoms with Crippen molar-refractivity contribution in [1.82, 2.24) is 10.2 Å². The van der Waals surface area contributed by atoms with Crippen LogP contribution in [0.5, 0.6) is 0 Å². The van der Waals surface area contributed by atoms with Gasteiger partial charge in [0.25, 0.3) is 0 Å². The molecular formula is C12H14N2O3S. The van der Waals surface area contributed by atoms with Crippen LogP contribution in [0.15, 0.2) is 16.8 Å². The molecule has 1 aliphatic heterocycles. The average molecular weight is 266 g/mol. The molecule has 0 spiro atoms. The minimum absolute atomic E-state index is 0.224. The molecular weight excluding hydrogens is 252 g/mol. The van der Waals surface area contributed by atoms with E-state index >= 15 is 0 Å². The van der Waals surface area contributed by atoms with E-state index in [-0.39, 0.29) is 6.54 Å². The number of carbonyl (C=O) groups excluding carboxylic acids is 3. The maximum Gasteiger partial charge on any atom is 0.331 e. The third-order valence-corrected chi connectivity index (χ3v) is 3.59. The summed E-state index contributed by atoms with van der Waals surface area (Å²) in [5, 5.41) is 6.00. The third kappa shape index (κ3) is 2.43. The number of amides is 4. The Labute approximate surface area is 109 Å². The van der Waals surface area contributed by atoms with Crippen LogP contribution in [0.25, 0.3) is 0 Å². The Kier molecular flexibility index (Phi) is 3.76. The average Bonchev–Trinajstić information content (AvgIpc) is 2.83. The first-order valence-electron chi connectivity index (χ1n) is 5.80. The van der Waals surface area contributed by atoms with Crippen molar-refractivity contribution >= 4 is 29.2 Å². The topological polar surface area (TPSA) is 66.5 Å². The van der Waals surface area contributed by atoms with Gasteiger partial charge in [0.1, 0.15) is 5.92 Å². The molecule has 1 atom stereocenters. The zero-order valence-electron chi connectivity index (χ0n) is 10.0. The molecule has 1 aromatic rings. The van der Waals surface area contributed by atoms with Gasteiger partial charge in [-0.25, -0.2) is 4.79 Å². The van der Waals surface area contributed by atoms with E-state index in [9.17, 15) is 14.4 Å². The molecule has 1 saturated heterocycles. The van der Waals surface area contributed by atoms with Crippen LogP contribution >= 0.6 is 11.3 Å². The van der Waals surface area contributed by atoms with Gasteiger partial charge in [0, 0.05) is 0 Å². The lowest BCUT2D eigenvalue weighted by Gasteiger charge is -2.29. The monoisotopic (exact) mass is 266 g/mol. The summed E-state index contributed by atoms with van der Waals surface area (Å²) in [7, 11) is 0. The molecule has 0 aliphatic carbocycles. The Hall–Kier alpha value is -1.69. The Balaban J connectivity index is 2.15. The Morgan fingerprint density at radius 2 is 2.17 bits per heavy atom. The minimum atomic E-state index is -0.730.